The van der Waals surface area contributed by atoms with Crippen LogP contribution in [0.15, 0.2) is 34.9 Å². The van der Waals surface area contributed by atoms with Gasteiger partial charge in [-0.3, -0.25) is 0 Å². The lowest BCUT2D eigenvalue weighted by Crippen LogP contribution is -2.36. The Morgan fingerprint density at radius 1 is 1.00 bits per heavy atom. The summed E-state index contributed by atoms with van der Waals surface area (Å²) in [6, 6.07) is 9.21. The molecular formula is C24H30N4O5S. The highest BCUT2D eigenvalue weighted by molar-refractivity contribution is 7.88. The zero-order valence-electron chi connectivity index (χ0n) is 20.2. The van der Waals surface area contributed by atoms with Gasteiger partial charge >= 0.3 is 6.03 Å². The zero-order valence-corrected chi connectivity index (χ0v) is 21.0. The van der Waals surface area contributed by atoms with E-state index < -0.39 is 16.1 Å². The molecule has 3 aromatic rings. The van der Waals surface area contributed by atoms with Crippen LogP contribution in [0.5, 0.6) is 11.5 Å². The molecule has 0 radical (unpaired) electrons. The van der Waals surface area contributed by atoms with E-state index in [1.807, 2.05) is 58.9 Å². The molecule has 0 aliphatic rings. The summed E-state index contributed by atoms with van der Waals surface area (Å²) in [6.45, 7) is 9.90. The molecule has 0 aliphatic heterocycles. The standard InChI is InChI=1S/C24H30N4O5S/c1-14-9-19(22-17(4)28-33-18(22)5)13-21(10-14)32-23-15(2)11-20(12-16(23)3)27-24(29)25-7-8-26-34(6,30)31/h9-13,26H,7-8H2,1-6H3,(H2,25,27,29). The second-order valence-corrected chi connectivity index (χ2v) is 10.2. The first-order valence-corrected chi connectivity index (χ1v) is 12.7. The van der Waals surface area contributed by atoms with Crippen LogP contribution in [0.4, 0.5) is 10.5 Å². The van der Waals surface area contributed by atoms with Gasteiger partial charge in [0.15, 0.2) is 0 Å². The number of urea groups is 1. The van der Waals surface area contributed by atoms with Crippen LogP contribution in [0.3, 0.4) is 0 Å². The number of benzene rings is 2. The summed E-state index contributed by atoms with van der Waals surface area (Å²) in [5.41, 5.74) is 6.12. The molecule has 2 amide bonds. The minimum atomic E-state index is -3.29. The van der Waals surface area contributed by atoms with E-state index >= 15 is 0 Å². The molecule has 0 aliphatic carbocycles. The summed E-state index contributed by atoms with van der Waals surface area (Å²) in [5, 5.41) is 9.42. The molecule has 0 spiro atoms. The Labute approximate surface area is 199 Å². The summed E-state index contributed by atoms with van der Waals surface area (Å²) in [5.74, 6) is 2.15. The minimum absolute atomic E-state index is 0.115. The van der Waals surface area contributed by atoms with E-state index in [-0.39, 0.29) is 13.1 Å². The van der Waals surface area contributed by atoms with Gasteiger partial charge in [-0.2, -0.15) is 0 Å². The Morgan fingerprint density at radius 2 is 1.68 bits per heavy atom. The molecule has 0 saturated carbocycles. The number of carbonyl (C=O) groups excluding carboxylic acids is 1. The first kappa shape index (κ1) is 25.3. The van der Waals surface area contributed by atoms with Crippen molar-refractivity contribution in [1.29, 1.82) is 0 Å². The van der Waals surface area contributed by atoms with Gasteiger partial charge in [0, 0.05) is 24.3 Å². The number of aromatic nitrogens is 1. The normalized spacial score (nSPS) is 11.4. The molecule has 1 aromatic heterocycles. The maximum Gasteiger partial charge on any atom is 0.319 e. The van der Waals surface area contributed by atoms with Crippen molar-refractivity contribution in [1.82, 2.24) is 15.2 Å². The predicted octanol–water partition coefficient (Wildman–Crippen LogP) is 4.35. The van der Waals surface area contributed by atoms with Gasteiger partial charge in [-0.15, -0.1) is 0 Å². The van der Waals surface area contributed by atoms with Crippen molar-refractivity contribution in [2.75, 3.05) is 24.7 Å². The number of carbonyl (C=O) groups is 1. The molecule has 0 saturated heterocycles. The molecule has 0 atom stereocenters. The molecule has 34 heavy (non-hydrogen) atoms. The molecule has 1 heterocycles. The van der Waals surface area contributed by atoms with Crippen LogP contribution in [0.1, 0.15) is 28.1 Å². The maximum atomic E-state index is 12.1. The van der Waals surface area contributed by atoms with Crippen molar-refractivity contribution < 1.29 is 22.5 Å². The van der Waals surface area contributed by atoms with Gasteiger partial charge in [0.25, 0.3) is 0 Å². The average Bonchev–Trinajstić information content (AvgIpc) is 3.05. The lowest BCUT2D eigenvalue weighted by Gasteiger charge is -2.16. The van der Waals surface area contributed by atoms with Gasteiger partial charge < -0.3 is 19.9 Å². The summed E-state index contributed by atoms with van der Waals surface area (Å²) >= 11 is 0. The fourth-order valence-electron chi connectivity index (χ4n) is 3.74. The van der Waals surface area contributed by atoms with E-state index in [1.54, 1.807) is 0 Å². The van der Waals surface area contributed by atoms with Crippen molar-refractivity contribution in [2.45, 2.75) is 34.6 Å². The van der Waals surface area contributed by atoms with Crippen molar-refractivity contribution in [2.24, 2.45) is 0 Å². The van der Waals surface area contributed by atoms with E-state index in [0.29, 0.717) is 17.2 Å². The lowest BCUT2D eigenvalue weighted by atomic mass is 10.0. The quantitative estimate of drug-likeness (QED) is 0.407. The Hall–Kier alpha value is -3.37. The summed E-state index contributed by atoms with van der Waals surface area (Å²) < 4.78 is 36.0. The third-order valence-electron chi connectivity index (χ3n) is 5.09. The number of sulfonamides is 1. The van der Waals surface area contributed by atoms with Crippen LogP contribution in [-0.2, 0) is 10.0 Å². The van der Waals surface area contributed by atoms with E-state index in [9.17, 15) is 13.2 Å². The number of rotatable bonds is 8. The van der Waals surface area contributed by atoms with Gasteiger partial charge in [0.1, 0.15) is 17.3 Å². The largest absolute Gasteiger partial charge is 0.457 e. The first-order valence-electron chi connectivity index (χ1n) is 10.8. The fourth-order valence-corrected chi connectivity index (χ4v) is 4.21. The van der Waals surface area contributed by atoms with Crippen molar-refractivity contribution in [3.8, 4) is 22.6 Å². The molecule has 182 valence electrons. The molecule has 9 nitrogen and oxygen atoms in total. The molecule has 0 fully saturated rings. The molecule has 2 aromatic carbocycles. The second-order valence-electron chi connectivity index (χ2n) is 8.32. The van der Waals surface area contributed by atoms with Gasteiger partial charge in [0.2, 0.25) is 10.0 Å². The molecule has 0 unspecified atom stereocenters. The summed E-state index contributed by atoms with van der Waals surface area (Å²) in [7, 11) is -3.29. The van der Waals surface area contributed by atoms with Crippen LogP contribution < -0.4 is 20.1 Å². The van der Waals surface area contributed by atoms with Crippen molar-refractivity contribution in [3.05, 3.63) is 58.5 Å². The van der Waals surface area contributed by atoms with Gasteiger partial charge in [-0.05, 0) is 81.1 Å². The number of anilines is 1. The number of nitrogens with one attached hydrogen (secondary N) is 3. The minimum Gasteiger partial charge on any atom is -0.457 e. The average molecular weight is 487 g/mol. The molecular weight excluding hydrogens is 456 g/mol. The van der Waals surface area contributed by atoms with Gasteiger partial charge in [0.05, 0.1) is 11.9 Å². The third-order valence-corrected chi connectivity index (χ3v) is 5.81. The number of amides is 2. The maximum absolute atomic E-state index is 12.1. The number of ether oxygens (including phenoxy) is 1. The Morgan fingerprint density at radius 3 is 2.26 bits per heavy atom. The van der Waals surface area contributed by atoms with Crippen LogP contribution in [0.25, 0.3) is 11.1 Å². The highest BCUT2D eigenvalue weighted by Crippen LogP contribution is 2.35. The highest BCUT2D eigenvalue weighted by Gasteiger charge is 2.15. The zero-order chi connectivity index (χ0) is 25.0. The Bertz CT molecular complexity index is 1270. The summed E-state index contributed by atoms with van der Waals surface area (Å²) in [6.07, 6.45) is 1.07. The Kier molecular flexibility index (Phi) is 7.63. The highest BCUT2D eigenvalue weighted by atomic mass is 32.2. The van der Waals surface area contributed by atoms with Gasteiger partial charge in [-0.1, -0.05) is 11.2 Å². The lowest BCUT2D eigenvalue weighted by molar-refractivity contribution is 0.252. The van der Waals surface area contributed by atoms with E-state index in [4.69, 9.17) is 9.26 Å². The van der Waals surface area contributed by atoms with Gasteiger partial charge in [-0.25, -0.2) is 17.9 Å². The van der Waals surface area contributed by atoms with Crippen LogP contribution in [-0.4, -0.2) is 39.0 Å². The second kappa shape index (κ2) is 10.3. The van der Waals surface area contributed by atoms with E-state index in [0.717, 1.165) is 45.5 Å². The SMILES string of the molecule is Cc1cc(Oc2c(C)cc(NC(=O)NCCNS(C)(=O)=O)cc2C)cc(-c2c(C)noc2C)c1. The van der Waals surface area contributed by atoms with Crippen LogP contribution >= 0.6 is 0 Å². The van der Waals surface area contributed by atoms with Crippen molar-refractivity contribution >= 4 is 21.7 Å². The Balaban J connectivity index is 1.73. The first-order chi connectivity index (χ1) is 15.9. The fraction of sp³-hybridized carbons (Fsp3) is 0.333. The van der Waals surface area contributed by atoms with Crippen LogP contribution in [0.2, 0.25) is 0 Å². The monoisotopic (exact) mass is 486 g/mol. The molecule has 10 heteroatoms. The number of nitrogens with zero attached hydrogens (tertiary/aromatic N) is 1. The summed E-state index contributed by atoms with van der Waals surface area (Å²) in [4.78, 5) is 12.1. The number of hydrogen-bond acceptors (Lipinski definition) is 6. The predicted molar refractivity (Wildman–Crippen MR) is 132 cm³/mol. The molecule has 3 rings (SSSR count). The number of aryl methyl sites for hydroxylation is 5. The van der Waals surface area contributed by atoms with Crippen LogP contribution in [0, 0.1) is 34.6 Å². The third kappa shape index (κ3) is 6.58. The van der Waals surface area contributed by atoms with E-state index in [2.05, 4.69) is 26.6 Å². The topological polar surface area (TPSA) is 123 Å². The number of hydrogen-bond donors (Lipinski definition) is 3. The smallest absolute Gasteiger partial charge is 0.319 e. The molecule has 3 N–H and O–H groups in total. The van der Waals surface area contributed by atoms with E-state index in [1.165, 1.54) is 0 Å². The van der Waals surface area contributed by atoms with Crippen molar-refractivity contribution in [3.63, 3.8) is 0 Å². The molecule has 0 bridgehead atoms.